The number of aliphatic hydroxyl groups excluding tert-OH is 1. The van der Waals surface area contributed by atoms with Crippen LogP contribution in [-0.4, -0.2) is 56.2 Å². The van der Waals surface area contributed by atoms with Gasteiger partial charge in [-0.1, -0.05) is 79.7 Å². The van der Waals surface area contributed by atoms with E-state index in [1.165, 1.54) is 0 Å². The van der Waals surface area contributed by atoms with Crippen LogP contribution in [0.5, 0.6) is 0 Å². The number of piperidine rings is 1. The fourth-order valence-corrected chi connectivity index (χ4v) is 7.89. The number of rotatable bonds is 10. The topological polar surface area (TPSA) is 122 Å². The lowest BCUT2D eigenvalue weighted by Gasteiger charge is -2.44. The van der Waals surface area contributed by atoms with Crippen LogP contribution in [0, 0.1) is 5.92 Å². The Morgan fingerprint density at radius 2 is 1.65 bits per heavy atom. The molecule has 4 heterocycles. The van der Waals surface area contributed by atoms with Crippen molar-refractivity contribution in [3.8, 4) is 11.1 Å². The molecule has 8 rings (SSSR count). The lowest BCUT2D eigenvalue weighted by Crippen LogP contribution is -2.47. The average Bonchev–Trinajstić information content (AvgIpc) is 3.57. The minimum atomic E-state index is -0.599. The van der Waals surface area contributed by atoms with E-state index in [4.69, 9.17) is 9.47 Å². The molecular formula is C44H45N5O5. The SMILES string of the molecule is C[C@H]1[C@@H](CN2CCC(n3c(=O)[nH]c4ccccc43)CC2)O[C@@H](c2cccc(-c3cccc(CNC(=O)c4cccnc4)c3)c2)O[C@H]1c1ccc(CO)cc1. The van der Waals surface area contributed by atoms with Crippen LogP contribution in [0.15, 0.2) is 126 Å². The van der Waals surface area contributed by atoms with Gasteiger partial charge in [0.2, 0.25) is 0 Å². The molecule has 10 nitrogen and oxygen atoms in total. The molecule has 0 bridgehead atoms. The summed E-state index contributed by atoms with van der Waals surface area (Å²) in [5, 5.41) is 12.7. The zero-order chi connectivity index (χ0) is 37.0. The van der Waals surface area contributed by atoms with Crippen LogP contribution >= 0.6 is 0 Å². The predicted molar refractivity (Wildman–Crippen MR) is 208 cm³/mol. The van der Waals surface area contributed by atoms with E-state index in [0.717, 1.165) is 76.9 Å². The highest BCUT2D eigenvalue weighted by molar-refractivity contribution is 5.93. The van der Waals surface area contributed by atoms with Gasteiger partial charge in [0.25, 0.3) is 5.91 Å². The summed E-state index contributed by atoms with van der Waals surface area (Å²) in [7, 11) is 0. The number of para-hydroxylation sites is 2. The second-order valence-electron chi connectivity index (χ2n) is 14.4. The number of carbonyl (C=O) groups is 1. The molecule has 0 radical (unpaired) electrons. The molecule has 0 saturated carbocycles. The van der Waals surface area contributed by atoms with E-state index in [-0.39, 0.29) is 42.4 Å². The van der Waals surface area contributed by atoms with E-state index in [9.17, 15) is 14.7 Å². The van der Waals surface area contributed by atoms with Crippen molar-refractivity contribution in [1.29, 1.82) is 0 Å². The molecule has 3 N–H and O–H groups in total. The zero-order valence-corrected chi connectivity index (χ0v) is 30.3. The van der Waals surface area contributed by atoms with Gasteiger partial charge >= 0.3 is 5.69 Å². The van der Waals surface area contributed by atoms with Gasteiger partial charge in [0, 0.05) is 56.1 Å². The number of carbonyl (C=O) groups excluding carboxylic acids is 1. The largest absolute Gasteiger partial charge is 0.392 e. The molecule has 0 aliphatic carbocycles. The molecule has 10 heteroatoms. The van der Waals surface area contributed by atoms with Crippen LogP contribution in [-0.2, 0) is 22.6 Å². The monoisotopic (exact) mass is 723 g/mol. The van der Waals surface area contributed by atoms with Crippen molar-refractivity contribution in [2.45, 2.75) is 57.5 Å². The molecule has 2 aliphatic heterocycles. The number of pyridine rings is 1. The molecule has 2 aromatic heterocycles. The Morgan fingerprint density at radius 3 is 2.43 bits per heavy atom. The van der Waals surface area contributed by atoms with E-state index in [1.54, 1.807) is 24.5 Å². The van der Waals surface area contributed by atoms with Crippen LogP contribution in [0.4, 0.5) is 0 Å². The Morgan fingerprint density at radius 1 is 0.870 bits per heavy atom. The Hall–Kier alpha value is -5.39. The third kappa shape index (κ3) is 7.65. The summed E-state index contributed by atoms with van der Waals surface area (Å²) in [6.45, 7) is 5.04. The number of likely N-dealkylation sites (tertiary alicyclic amines) is 1. The van der Waals surface area contributed by atoms with Crippen LogP contribution < -0.4 is 11.0 Å². The Kier molecular flexibility index (Phi) is 10.5. The fourth-order valence-electron chi connectivity index (χ4n) is 7.89. The molecule has 1 amide bonds. The number of nitrogens with zero attached hydrogens (tertiary/aromatic N) is 3. The molecule has 54 heavy (non-hydrogen) atoms. The summed E-state index contributed by atoms with van der Waals surface area (Å²) in [6.07, 6.45) is 4.03. The number of benzene rings is 4. The second kappa shape index (κ2) is 15.9. The van der Waals surface area contributed by atoms with Crippen molar-refractivity contribution in [1.82, 2.24) is 24.8 Å². The standard InChI is InChI=1S/C44H45N5O5/c1-29-40(27-48-21-18-37(19-22-48)49-39-13-3-2-12-38(39)47-44(49)52)53-43(54-41(29)32-16-14-30(28-50)15-17-32)35-10-5-9-34(24-35)33-8-4-7-31(23-33)25-46-42(51)36-11-6-20-45-26-36/h2-17,20,23-24,26,29,37,40-41,43,50H,18-19,21-22,25,27-28H2,1H3,(H,46,51)(H,47,52)/t29-,40+,41+,43+/m0/s1. The molecule has 0 unspecified atom stereocenters. The van der Waals surface area contributed by atoms with E-state index >= 15 is 0 Å². The smallest absolute Gasteiger partial charge is 0.326 e. The predicted octanol–water partition coefficient (Wildman–Crippen LogP) is 6.94. The van der Waals surface area contributed by atoms with Crippen LogP contribution in [0.3, 0.4) is 0 Å². The zero-order valence-electron chi connectivity index (χ0n) is 30.3. The molecule has 6 aromatic rings. The second-order valence-corrected chi connectivity index (χ2v) is 14.4. The summed E-state index contributed by atoms with van der Waals surface area (Å²) in [5.74, 6) is -0.113. The van der Waals surface area contributed by atoms with E-state index in [2.05, 4.69) is 57.4 Å². The highest BCUT2D eigenvalue weighted by atomic mass is 16.7. The van der Waals surface area contributed by atoms with Gasteiger partial charge < -0.3 is 29.8 Å². The maximum absolute atomic E-state index is 12.9. The molecule has 2 saturated heterocycles. The lowest BCUT2D eigenvalue weighted by molar-refractivity contribution is -0.276. The van der Waals surface area contributed by atoms with E-state index in [0.29, 0.717) is 12.1 Å². The van der Waals surface area contributed by atoms with Crippen LogP contribution in [0.2, 0.25) is 0 Å². The maximum Gasteiger partial charge on any atom is 0.326 e. The first kappa shape index (κ1) is 35.6. The first-order valence-electron chi connectivity index (χ1n) is 18.7. The number of hydrogen-bond acceptors (Lipinski definition) is 7. The van der Waals surface area contributed by atoms with Gasteiger partial charge in [-0.25, -0.2) is 4.79 Å². The number of amides is 1. The van der Waals surface area contributed by atoms with Gasteiger partial charge in [-0.15, -0.1) is 0 Å². The third-order valence-corrected chi connectivity index (χ3v) is 10.9. The number of ether oxygens (including phenoxy) is 2. The molecule has 4 atom stereocenters. The number of nitrogens with one attached hydrogen (secondary N) is 2. The number of aromatic amines is 1. The van der Waals surface area contributed by atoms with Gasteiger partial charge in [-0.3, -0.25) is 14.3 Å². The summed E-state index contributed by atoms with van der Waals surface area (Å²) in [5.41, 5.74) is 8.18. The summed E-state index contributed by atoms with van der Waals surface area (Å²) in [6, 6.07) is 36.0. The van der Waals surface area contributed by atoms with Crippen LogP contribution in [0.1, 0.15) is 70.8 Å². The quantitative estimate of drug-likeness (QED) is 0.140. The van der Waals surface area contributed by atoms with Crippen LogP contribution in [0.25, 0.3) is 22.2 Å². The highest BCUT2D eigenvalue weighted by Crippen LogP contribution is 2.43. The fraction of sp³-hybridized carbons (Fsp3) is 0.295. The number of aliphatic hydroxyl groups is 1. The summed E-state index contributed by atoms with van der Waals surface area (Å²) in [4.78, 5) is 35.1. The van der Waals surface area contributed by atoms with Crippen molar-refractivity contribution < 1.29 is 19.4 Å². The minimum Gasteiger partial charge on any atom is -0.392 e. The number of H-pyrrole nitrogens is 1. The van der Waals surface area contributed by atoms with Crippen molar-refractivity contribution in [2.75, 3.05) is 19.6 Å². The third-order valence-electron chi connectivity index (χ3n) is 10.9. The van der Waals surface area contributed by atoms with E-state index < -0.39 is 6.29 Å². The number of aromatic nitrogens is 3. The Balaban J connectivity index is 0.998. The lowest BCUT2D eigenvalue weighted by atomic mass is 9.89. The highest BCUT2D eigenvalue weighted by Gasteiger charge is 2.40. The average molecular weight is 724 g/mol. The van der Waals surface area contributed by atoms with Gasteiger partial charge in [0.15, 0.2) is 6.29 Å². The van der Waals surface area contributed by atoms with Gasteiger partial charge in [-0.2, -0.15) is 0 Å². The van der Waals surface area contributed by atoms with E-state index in [1.807, 2.05) is 71.3 Å². The van der Waals surface area contributed by atoms with Crippen molar-refractivity contribution in [2.24, 2.45) is 5.92 Å². The number of fused-ring (bicyclic) bond motifs is 1. The first-order chi connectivity index (χ1) is 26.4. The Labute approximate surface area is 314 Å². The van der Waals surface area contributed by atoms with Gasteiger partial charge in [0.1, 0.15) is 0 Å². The van der Waals surface area contributed by atoms with Gasteiger partial charge in [-0.05, 0) is 77.1 Å². The van der Waals surface area contributed by atoms with Crippen molar-refractivity contribution in [3.63, 3.8) is 0 Å². The molecule has 4 aromatic carbocycles. The normalized spacial score (nSPS) is 20.9. The molecule has 2 aliphatic rings. The number of imidazole rings is 1. The summed E-state index contributed by atoms with van der Waals surface area (Å²) < 4.78 is 15.6. The molecule has 276 valence electrons. The summed E-state index contributed by atoms with van der Waals surface area (Å²) >= 11 is 0. The van der Waals surface area contributed by atoms with Gasteiger partial charge in [0.05, 0.1) is 35.4 Å². The van der Waals surface area contributed by atoms with Crippen molar-refractivity contribution >= 4 is 16.9 Å². The molecule has 2 fully saturated rings. The first-order valence-corrected chi connectivity index (χ1v) is 18.7. The number of hydrogen-bond donors (Lipinski definition) is 3. The maximum atomic E-state index is 12.9. The minimum absolute atomic E-state index is 0.0127. The molecular weight excluding hydrogens is 679 g/mol. The van der Waals surface area contributed by atoms with Crippen molar-refractivity contribution in [3.05, 3.63) is 160 Å². The molecule has 0 spiro atoms. The Bertz CT molecular complexity index is 2260.